The molecule has 1 aromatic carbocycles. The fraction of sp³-hybridized carbons (Fsp3) is 0.312. The number of nitrogens with one attached hydrogen (secondary N) is 2. The minimum absolute atomic E-state index is 0.393. The highest BCUT2D eigenvalue weighted by Gasteiger charge is 2.15. The van der Waals surface area contributed by atoms with Crippen molar-refractivity contribution in [3.8, 4) is 0 Å². The minimum atomic E-state index is 0.393. The van der Waals surface area contributed by atoms with E-state index in [0.29, 0.717) is 18.0 Å². The summed E-state index contributed by atoms with van der Waals surface area (Å²) >= 11 is 0. The van der Waals surface area contributed by atoms with Gasteiger partial charge in [0.15, 0.2) is 0 Å². The minimum Gasteiger partial charge on any atom is -0.380 e. The predicted octanol–water partition coefficient (Wildman–Crippen LogP) is 2.65. The Bertz CT molecular complexity index is 830. The van der Waals surface area contributed by atoms with Crippen LogP contribution < -0.4 is 0 Å². The van der Waals surface area contributed by atoms with Crippen molar-refractivity contribution in [3.05, 3.63) is 47.3 Å². The second kappa shape index (κ2) is 5.73. The monoisotopic (exact) mass is 297 g/mol. The summed E-state index contributed by atoms with van der Waals surface area (Å²) in [5.74, 6) is 0. The van der Waals surface area contributed by atoms with Gasteiger partial charge in [0.2, 0.25) is 0 Å². The molecule has 2 heterocycles. The molecule has 0 spiro atoms. The summed E-state index contributed by atoms with van der Waals surface area (Å²) in [6.45, 7) is 5.34. The van der Waals surface area contributed by atoms with Crippen molar-refractivity contribution in [1.29, 1.82) is 5.41 Å². The van der Waals surface area contributed by atoms with Crippen LogP contribution in [0.3, 0.4) is 0 Å². The van der Waals surface area contributed by atoms with Crippen LogP contribution >= 0.6 is 0 Å². The summed E-state index contributed by atoms with van der Waals surface area (Å²) in [7, 11) is 1.67. The Balaban J connectivity index is 2.15. The fourth-order valence-corrected chi connectivity index (χ4v) is 2.69. The van der Waals surface area contributed by atoms with Gasteiger partial charge in [0.1, 0.15) is 5.69 Å². The number of benzene rings is 1. The van der Waals surface area contributed by atoms with Crippen LogP contribution in [0.4, 0.5) is 0 Å². The number of imidazole rings is 2. The summed E-state index contributed by atoms with van der Waals surface area (Å²) < 4.78 is 7.41. The van der Waals surface area contributed by atoms with E-state index in [4.69, 9.17) is 10.1 Å². The van der Waals surface area contributed by atoms with Crippen molar-refractivity contribution in [2.45, 2.75) is 27.0 Å². The molecule has 0 amide bonds. The third-order valence-electron chi connectivity index (χ3n) is 3.79. The van der Waals surface area contributed by atoms with Gasteiger partial charge in [-0.25, -0.2) is 9.97 Å². The van der Waals surface area contributed by atoms with Gasteiger partial charge in [0.25, 0.3) is 0 Å². The lowest BCUT2D eigenvalue weighted by Crippen LogP contribution is -2.06. The normalized spacial score (nSPS) is 11.2. The number of fused-ring (bicyclic) bond motifs is 1. The summed E-state index contributed by atoms with van der Waals surface area (Å²) in [5, 5.41) is 8.43. The number of aromatic amines is 1. The molecule has 22 heavy (non-hydrogen) atoms. The smallest absolute Gasteiger partial charge is 0.109 e. The summed E-state index contributed by atoms with van der Waals surface area (Å²) in [5.41, 5.74) is 5.73. The van der Waals surface area contributed by atoms with E-state index in [9.17, 15) is 0 Å². The molecule has 0 saturated heterocycles. The number of aryl methyl sites for hydroxylation is 2. The van der Waals surface area contributed by atoms with Gasteiger partial charge >= 0.3 is 0 Å². The third kappa shape index (κ3) is 2.31. The highest BCUT2D eigenvalue weighted by atomic mass is 16.5. The highest BCUT2D eigenvalue weighted by molar-refractivity contribution is 6.11. The van der Waals surface area contributed by atoms with Crippen molar-refractivity contribution < 1.29 is 4.74 Å². The molecule has 3 aromatic rings. The maximum Gasteiger partial charge on any atom is 0.109 e. The Labute approximate surface area is 128 Å². The van der Waals surface area contributed by atoms with Crippen LogP contribution in [0.25, 0.3) is 11.0 Å². The largest absolute Gasteiger partial charge is 0.380 e. The molecule has 2 aromatic heterocycles. The maximum atomic E-state index is 8.43. The van der Waals surface area contributed by atoms with Gasteiger partial charge < -0.3 is 14.3 Å². The molecule has 0 radical (unpaired) electrons. The zero-order valence-electron chi connectivity index (χ0n) is 13.0. The highest BCUT2D eigenvalue weighted by Crippen LogP contribution is 2.23. The Kier molecular flexibility index (Phi) is 3.77. The van der Waals surface area contributed by atoms with E-state index in [1.807, 2.05) is 25.4 Å². The molecule has 0 saturated carbocycles. The second-order valence-corrected chi connectivity index (χ2v) is 5.22. The number of hydrogen-bond donors (Lipinski definition) is 2. The third-order valence-corrected chi connectivity index (χ3v) is 3.79. The Morgan fingerprint density at radius 3 is 2.82 bits per heavy atom. The van der Waals surface area contributed by atoms with E-state index >= 15 is 0 Å². The average molecular weight is 297 g/mol. The molecular formula is C16H19N5O. The first kappa shape index (κ1) is 14.5. The first-order chi connectivity index (χ1) is 10.7. The lowest BCUT2D eigenvalue weighted by molar-refractivity contribution is 0.185. The standard InChI is InChI=1S/C16H19N5O/c1-4-21-9-20-13-6-11(5-12(7-22-3)16(13)21)14(17)15-10(2)18-8-19-15/h5-6,8-9,17H,4,7H2,1-3H3,(H,18,19). The van der Waals surface area contributed by atoms with Crippen LogP contribution in [-0.2, 0) is 17.9 Å². The molecule has 0 aliphatic carbocycles. The summed E-state index contributed by atoms with van der Waals surface area (Å²) in [4.78, 5) is 11.7. The summed E-state index contributed by atoms with van der Waals surface area (Å²) in [6.07, 6.45) is 3.44. The van der Waals surface area contributed by atoms with Crippen LogP contribution in [-0.4, -0.2) is 32.3 Å². The van der Waals surface area contributed by atoms with Crippen molar-refractivity contribution in [3.63, 3.8) is 0 Å². The Morgan fingerprint density at radius 1 is 1.36 bits per heavy atom. The maximum absolute atomic E-state index is 8.43. The number of hydrogen-bond acceptors (Lipinski definition) is 4. The van der Waals surface area contributed by atoms with E-state index in [-0.39, 0.29) is 0 Å². The van der Waals surface area contributed by atoms with Crippen LogP contribution in [0.1, 0.15) is 29.4 Å². The van der Waals surface area contributed by atoms with Gasteiger partial charge in [-0.05, 0) is 26.0 Å². The molecule has 6 heteroatoms. The van der Waals surface area contributed by atoms with E-state index in [1.54, 1.807) is 13.4 Å². The molecule has 0 aliphatic rings. The van der Waals surface area contributed by atoms with Gasteiger partial charge in [-0.15, -0.1) is 0 Å². The van der Waals surface area contributed by atoms with E-state index in [0.717, 1.165) is 34.4 Å². The Morgan fingerprint density at radius 2 is 2.18 bits per heavy atom. The lowest BCUT2D eigenvalue weighted by atomic mass is 10.0. The predicted molar refractivity (Wildman–Crippen MR) is 85.4 cm³/mol. The van der Waals surface area contributed by atoms with Crippen LogP contribution in [0.2, 0.25) is 0 Å². The first-order valence-corrected chi connectivity index (χ1v) is 7.21. The van der Waals surface area contributed by atoms with E-state index in [2.05, 4.69) is 26.4 Å². The quantitative estimate of drug-likeness (QED) is 0.710. The van der Waals surface area contributed by atoms with Gasteiger partial charge in [-0.3, -0.25) is 5.41 Å². The van der Waals surface area contributed by atoms with E-state index in [1.165, 1.54) is 0 Å². The molecule has 6 nitrogen and oxygen atoms in total. The van der Waals surface area contributed by atoms with Crippen molar-refractivity contribution in [1.82, 2.24) is 19.5 Å². The number of rotatable bonds is 5. The lowest BCUT2D eigenvalue weighted by Gasteiger charge is -2.10. The number of ether oxygens (including phenoxy) is 1. The van der Waals surface area contributed by atoms with Gasteiger partial charge in [0.05, 0.1) is 36.0 Å². The molecular weight excluding hydrogens is 278 g/mol. The molecule has 0 fully saturated rings. The van der Waals surface area contributed by atoms with Crippen molar-refractivity contribution in [2.75, 3.05) is 7.11 Å². The van der Waals surface area contributed by atoms with Crippen molar-refractivity contribution in [2.24, 2.45) is 0 Å². The van der Waals surface area contributed by atoms with Crippen molar-refractivity contribution >= 4 is 16.7 Å². The van der Waals surface area contributed by atoms with Gasteiger partial charge in [-0.2, -0.15) is 0 Å². The SMILES string of the molecule is CCn1cnc2cc(C(=N)c3nc[nH]c3C)cc(COC)c21. The van der Waals surface area contributed by atoms with Crippen LogP contribution in [0.15, 0.2) is 24.8 Å². The molecule has 0 bridgehead atoms. The molecule has 0 aliphatic heterocycles. The number of aromatic nitrogens is 4. The van der Waals surface area contributed by atoms with Crippen LogP contribution in [0, 0.1) is 12.3 Å². The topological polar surface area (TPSA) is 79.6 Å². The zero-order valence-corrected chi connectivity index (χ0v) is 13.0. The zero-order chi connectivity index (χ0) is 15.7. The molecule has 3 rings (SSSR count). The summed E-state index contributed by atoms with van der Waals surface area (Å²) in [6, 6.07) is 3.94. The molecule has 2 N–H and O–H groups in total. The molecule has 0 unspecified atom stereocenters. The fourth-order valence-electron chi connectivity index (χ4n) is 2.69. The molecule has 114 valence electrons. The van der Waals surface area contributed by atoms with Crippen LogP contribution in [0.5, 0.6) is 0 Å². The molecule has 0 atom stereocenters. The number of H-pyrrole nitrogens is 1. The van der Waals surface area contributed by atoms with Gasteiger partial charge in [0, 0.05) is 30.5 Å². The Hall–Kier alpha value is -2.47. The first-order valence-electron chi connectivity index (χ1n) is 7.21. The van der Waals surface area contributed by atoms with Gasteiger partial charge in [-0.1, -0.05) is 0 Å². The van der Waals surface area contributed by atoms with E-state index < -0.39 is 0 Å². The number of nitrogens with zero attached hydrogens (tertiary/aromatic N) is 3. The second-order valence-electron chi connectivity index (χ2n) is 5.22. The average Bonchev–Trinajstić information content (AvgIpc) is 3.12. The number of methoxy groups -OCH3 is 1.